The predicted octanol–water partition coefficient (Wildman–Crippen LogP) is 4.25. The summed E-state index contributed by atoms with van der Waals surface area (Å²) in [5.74, 6) is 1.21. The average molecular weight is 302 g/mol. The SMILES string of the molecule is NC(c1ccccc1Br)C1CC1c1ccccc1. The third-order valence-corrected chi connectivity index (χ3v) is 4.52. The summed E-state index contributed by atoms with van der Waals surface area (Å²) in [5.41, 5.74) is 9.04. The van der Waals surface area contributed by atoms with Gasteiger partial charge in [-0.2, -0.15) is 0 Å². The summed E-state index contributed by atoms with van der Waals surface area (Å²) < 4.78 is 1.12. The molecule has 2 aromatic rings. The first-order valence-corrected chi connectivity index (χ1v) is 7.11. The molecule has 0 aromatic heterocycles. The second-order valence-corrected chi connectivity index (χ2v) is 5.82. The monoisotopic (exact) mass is 301 g/mol. The molecule has 0 heterocycles. The molecule has 1 fully saturated rings. The highest BCUT2D eigenvalue weighted by Crippen LogP contribution is 2.53. The van der Waals surface area contributed by atoms with Gasteiger partial charge >= 0.3 is 0 Å². The molecule has 1 saturated carbocycles. The zero-order chi connectivity index (χ0) is 12.5. The van der Waals surface area contributed by atoms with Crippen molar-refractivity contribution in [1.29, 1.82) is 0 Å². The topological polar surface area (TPSA) is 26.0 Å². The van der Waals surface area contributed by atoms with Crippen LogP contribution in [0.25, 0.3) is 0 Å². The van der Waals surface area contributed by atoms with Gasteiger partial charge in [0.05, 0.1) is 0 Å². The van der Waals surface area contributed by atoms with Crippen LogP contribution in [0.1, 0.15) is 29.5 Å². The molecule has 3 unspecified atom stereocenters. The van der Waals surface area contributed by atoms with Crippen LogP contribution >= 0.6 is 15.9 Å². The lowest BCUT2D eigenvalue weighted by atomic mass is 10.00. The Bertz CT molecular complexity index is 538. The van der Waals surface area contributed by atoms with Crippen LogP contribution in [0, 0.1) is 5.92 Å². The predicted molar refractivity (Wildman–Crippen MR) is 78.4 cm³/mol. The second kappa shape index (κ2) is 4.87. The first-order chi connectivity index (χ1) is 8.77. The Morgan fingerprint density at radius 2 is 1.67 bits per heavy atom. The van der Waals surface area contributed by atoms with Gasteiger partial charge in [0, 0.05) is 10.5 Å². The molecule has 2 aromatic carbocycles. The summed E-state index contributed by atoms with van der Waals surface area (Å²) in [6, 6.07) is 19.1. The molecule has 0 aliphatic heterocycles. The van der Waals surface area contributed by atoms with E-state index in [9.17, 15) is 0 Å². The Labute approximate surface area is 116 Å². The minimum Gasteiger partial charge on any atom is -0.324 e. The molecular weight excluding hydrogens is 286 g/mol. The van der Waals surface area contributed by atoms with Gasteiger partial charge in [0.2, 0.25) is 0 Å². The van der Waals surface area contributed by atoms with E-state index in [4.69, 9.17) is 5.73 Å². The van der Waals surface area contributed by atoms with Crippen molar-refractivity contribution in [3.05, 3.63) is 70.2 Å². The largest absolute Gasteiger partial charge is 0.324 e. The Kier molecular flexibility index (Phi) is 3.23. The van der Waals surface area contributed by atoms with Crippen molar-refractivity contribution < 1.29 is 0 Å². The summed E-state index contributed by atoms with van der Waals surface area (Å²) >= 11 is 3.59. The van der Waals surface area contributed by atoms with Crippen molar-refractivity contribution in [3.8, 4) is 0 Å². The van der Waals surface area contributed by atoms with Crippen LogP contribution < -0.4 is 5.73 Å². The second-order valence-electron chi connectivity index (χ2n) is 4.96. The fraction of sp³-hybridized carbons (Fsp3) is 0.250. The molecule has 0 saturated heterocycles. The summed E-state index contributed by atoms with van der Waals surface area (Å²) in [7, 11) is 0. The van der Waals surface area contributed by atoms with Crippen LogP contribution in [0.2, 0.25) is 0 Å². The maximum absolute atomic E-state index is 6.40. The van der Waals surface area contributed by atoms with Crippen LogP contribution in [0.15, 0.2) is 59.1 Å². The highest BCUT2D eigenvalue weighted by molar-refractivity contribution is 9.10. The van der Waals surface area contributed by atoms with Crippen LogP contribution in [-0.2, 0) is 0 Å². The van der Waals surface area contributed by atoms with E-state index in [0.29, 0.717) is 11.8 Å². The van der Waals surface area contributed by atoms with Gasteiger partial charge in [-0.1, -0.05) is 64.5 Å². The molecular formula is C16H16BrN. The van der Waals surface area contributed by atoms with Gasteiger partial charge < -0.3 is 5.73 Å². The highest BCUT2D eigenvalue weighted by Gasteiger charge is 2.43. The van der Waals surface area contributed by atoms with Crippen LogP contribution in [-0.4, -0.2) is 0 Å². The lowest BCUT2D eigenvalue weighted by Gasteiger charge is -2.13. The standard InChI is InChI=1S/C16H16BrN/c17-15-9-5-4-8-12(15)16(18)14-10-13(14)11-6-2-1-3-7-11/h1-9,13-14,16H,10,18H2. The van der Waals surface area contributed by atoms with Gasteiger partial charge in [-0.25, -0.2) is 0 Å². The first kappa shape index (κ1) is 11.9. The van der Waals surface area contributed by atoms with Crippen molar-refractivity contribution in [2.45, 2.75) is 18.4 Å². The first-order valence-electron chi connectivity index (χ1n) is 6.32. The van der Waals surface area contributed by atoms with Gasteiger partial charge in [0.1, 0.15) is 0 Å². The van der Waals surface area contributed by atoms with E-state index in [2.05, 4.69) is 64.5 Å². The molecule has 0 amide bonds. The van der Waals surface area contributed by atoms with Gasteiger partial charge in [0.25, 0.3) is 0 Å². The molecule has 3 atom stereocenters. The molecule has 0 spiro atoms. The zero-order valence-corrected chi connectivity index (χ0v) is 11.7. The van der Waals surface area contributed by atoms with E-state index in [1.807, 2.05) is 6.07 Å². The van der Waals surface area contributed by atoms with E-state index >= 15 is 0 Å². The lowest BCUT2D eigenvalue weighted by Crippen LogP contribution is -2.14. The molecule has 1 aliphatic rings. The normalized spacial score (nSPS) is 23.7. The molecule has 1 nitrogen and oxygen atoms in total. The van der Waals surface area contributed by atoms with Crippen molar-refractivity contribution >= 4 is 15.9 Å². The zero-order valence-electron chi connectivity index (χ0n) is 10.1. The van der Waals surface area contributed by atoms with Crippen molar-refractivity contribution in [2.24, 2.45) is 11.7 Å². The van der Waals surface area contributed by atoms with Crippen molar-refractivity contribution in [2.75, 3.05) is 0 Å². The van der Waals surface area contributed by atoms with Crippen LogP contribution in [0.4, 0.5) is 0 Å². The fourth-order valence-electron chi connectivity index (χ4n) is 2.67. The maximum Gasteiger partial charge on any atom is 0.0340 e. The van der Waals surface area contributed by atoms with E-state index in [1.54, 1.807) is 0 Å². The van der Waals surface area contributed by atoms with Crippen molar-refractivity contribution in [3.63, 3.8) is 0 Å². The van der Waals surface area contributed by atoms with E-state index < -0.39 is 0 Å². The quantitative estimate of drug-likeness (QED) is 0.901. The third kappa shape index (κ3) is 2.23. The fourth-order valence-corrected chi connectivity index (χ4v) is 3.22. The Hall–Kier alpha value is -1.12. The van der Waals surface area contributed by atoms with Crippen molar-refractivity contribution in [1.82, 2.24) is 0 Å². The van der Waals surface area contributed by atoms with E-state index in [-0.39, 0.29) is 6.04 Å². The van der Waals surface area contributed by atoms with Gasteiger partial charge in [0.15, 0.2) is 0 Å². The molecule has 3 rings (SSSR count). The molecule has 18 heavy (non-hydrogen) atoms. The summed E-state index contributed by atoms with van der Waals surface area (Å²) in [5, 5.41) is 0. The molecule has 1 aliphatic carbocycles. The number of hydrogen-bond acceptors (Lipinski definition) is 1. The van der Waals surface area contributed by atoms with Gasteiger partial charge in [-0.05, 0) is 35.4 Å². The summed E-state index contributed by atoms with van der Waals surface area (Å²) in [6.07, 6.45) is 1.20. The van der Waals surface area contributed by atoms with Crippen LogP contribution in [0.3, 0.4) is 0 Å². The number of rotatable bonds is 3. The van der Waals surface area contributed by atoms with Gasteiger partial charge in [-0.15, -0.1) is 0 Å². The maximum atomic E-state index is 6.40. The molecule has 2 heteroatoms. The summed E-state index contributed by atoms with van der Waals surface area (Å²) in [6.45, 7) is 0. The number of nitrogens with two attached hydrogens (primary N) is 1. The smallest absolute Gasteiger partial charge is 0.0340 e. The Morgan fingerprint density at radius 3 is 2.39 bits per heavy atom. The van der Waals surface area contributed by atoms with E-state index in [0.717, 1.165) is 4.47 Å². The highest BCUT2D eigenvalue weighted by atomic mass is 79.9. The summed E-state index contributed by atoms with van der Waals surface area (Å²) in [4.78, 5) is 0. The Balaban J connectivity index is 1.77. The number of hydrogen-bond donors (Lipinski definition) is 1. The van der Waals surface area contributed by atoms with E-state index in [1.165, 1.54) is 17.5 Å². The Morgan fingerprint density at radius 1 is 1.00 bits per heavy atom. The lowest BCUT2D eigenvalue weighted by molar-refractivity contribution is 0.613. The minimum absolute atomic E-state index is 0.130. The van der Waals surface area contributed by atoms with Gasteiger partial charge in [-0.3, -0.25) is 0 Å². The number of benzene rings is 2. The number of halogens is 1. The molecule has 2 N–H and O–H groups in total. The molecule has 0 bridgehead atoms. The van der Waals surface area contributed by atoms with Crippen LogP contribution in [0.5, 0.6) is 0 Å². The third-order valence-electron chi connectivity index (χ3n) is 3.79. The molecule has 92 valence electrons. The molecule has 0 radical (unpaired) electrons. The average Bonchev–Trinajstić information content (AvgIpc) is 3.20. The minimum atomic E-state index is 0.130.